The van der Waals surface area contributed by atoms with Crippen molar-refractivity contribution in [3.8, 4) is 5.75 Å². The van der Waals surface area contributed by atoms with E-state index in [9.17, 15) is 9.59 Å². The van der Waals surface area contributed by atoms with E-state index in [0.717, 1.165) is 0 Å². The van der Waals surface area contributed by atoms with Gasteiger partial charge < -0.3 is 24.8 Å². The van der Waals surface area contributed by atoms with Crippen LogP contribution >= 0.6 is 0 Å². The van der Waals surface area contributed by atoms with Crippen molar-refractivity contribution < 1.29 is 24.2 Å². The quantitative estimate of drug-likeness (QED) is 0.738. The molecule has 1 heterocycles. The highest BCUT2D eigenvalue weighted by molar-refractivity contribution is 6.08. The Balaban J connectivity index is 2.25. The van der Waals surface area contributed by atoms with Gasteiger partial charge in [-0.25, -0.2) is 4.79 Å². The van der Waals surface area contributed by atoms with Crippen molar-refractivity contribution in [2.75, 3.05) is 39.2 Å². The molecule has 0 saturated heterocycles. The van der Waals surface area contributed by atoms with Gasteiger partial charge in [0.25, 0.3) is 5.91 Å². The highest BCUT2D eigenvalue weighted by Gasteiger charge is 2.34. The summed E-state index contributed by atoms with van der Waals surface area (Å²) in [4.78, 5) is 25.5. The van der Waals surface area contributed by atoms with Gasteiger partial charge in [0.1, 0.15) is 11.4 Å². The van der Waals surface area contributed by atoms with Crippen molar-refractivity contribution in [1.29, 1.82) is 0 Å². The van der Waals surface area contributed by atoms with Crippen molar-refractivity contribution >= 4 is 17.6 Å². The number of hydrogen-bond acceptors (Lipinski definition) is 6. The van der Waals surface area contributed by atoms with Gasteiger partial charge in [-0.05, 0) is 24.3 Å². The van der Waals surface area contributed by atoms with Gasteiger partial charge in [0.15, 0.2) is 0 Å². The van der Waals surface area contributed by atoms with Gasteiger partial charge in [-0.1, -0.05) is 0 Å². The third kappa shape index (κ3) is 3.20. The SMILES string of the molecule is COC(=O)C1=C(Nc2ccc(OC)cc2)C(=O)N(CCO)C1. The monoisotopic (exact) mass is 306 g/mol. The third-order valence-electron chi connectivity index (χ3n) is 3.31. The van der Waals surface area contributed by atoms with E-state index in [-0.39, 0.29) is 36.9 Å². The summed E-state index contributed by atoms with van der Waals surface area (Å²) < 4.78 is 9.78. The van der Waals surface area contributed by atoms with Crippen LogP contribution in [0.1, 0.15) is 0 Å². The minimum absolute atomic E-state index is 0.116. The first kappa shape index (κ1) is 15.8. The first-order chi connectivity index (χ1) is 10.6. The predicted octanol–water partition coefficient (Wildman–Crippen LogP) is 0.369. The molecule has 0 spiro atoms. The number of aliphatic hydroxyl groups excluding tert-OH is 1. The number of rotatable bonds is 6. The normalized spacial score (nSPS) is 14.3. The molecule has 1 aliphatic heterocycles. The summed E-state index contributed by atoms with van der Waals surface area (Å²) in [6.45, 7) is 0.105. The number of anilines is 1. The summed E-state index contributed by atoms with van der Waals surface area (Å²) in [5, 5.41) is 11.9. The summed E-state index contributed by atoms with van der Waals surface area (Å²) in [5.41, 5.74) is 1.07. The van der Waals surface area contributed by atoms with Gasteiger partial charge >= 0.3 is 5.97 Å². The fraction of sp³-hybridized carbons (Fsp3) is 0.333. The van der Waals surface area contributed by atoms with E-state index in [1.165, 1.54) is 12.0 Å². The summed E-state index contributed by atoms with van der Waals surface area (Å²) in [6, 6.07) is 6.96. The van der Waals surface area contributed by atoms with Crippen LogP contribution in [0.15, 0.2) is 35.5 Å². The largest absolute Gasteiger partial charge is 0.497 e. The van der Waals surface area contributed by atoms with Crippen LogP contribution in [-0.4, -0.2) is 55.8 Å². The lowest BCUT2D eigenvalue weighted by atomic mass is 10.2. The molecule has 7 heteroatoms. The fourth-order valence-electron chi connectivity index (χ4n) is 2.17. The molecule has 2 N–H and O–H groups in total. The number of aliphatic hydroxyl groups is 1. The zero-order valence-electron chi connectivity index (χ0n) is 12.5. The van der Waals surface area contributed by atoms with E-state index in [0.29, 0.717) is 11.4 Å². The minimum Gasteiger partial charge on any atom is -0.497 e. The number of hydrogen-bond donors (Lipinski definition) is 2. The molecule has 0 fully saturated rings. The summed E-state index contributed by atoms with van der Waals surface area (Å²) in [5.74, 6) is -0.220. The Hall–Kier alpha value is -2.54. The van der Waals surface area contributed by atoms with Gasteiger partial charge in [0, 0.05) is 12.2 Å². The number of carbonyl (C=O) groups is 2. The highest BCUT2D eigenvalue weighted by Crippen LogP contribution is 2.23. The smallest absolute Gasteiger partial charge is 0.337 e. The fourth-order valence-corrected chi connectivity index (χ4v) is 2.17. The van der Waals surface area contributed by atoms with Crippen LogP contribution in [0.5, 0.6) is 5.75 Å². The van der Waals surface area contributed by atoms with E-state index in [1.54, 1.807) is 31.4 Å². The molecule has 0 radical (unpaired) electrons. The average Bonchev–Trinajstić information content (AvgIpc) is 2.85. The molecule has 22 heavy (non-hydrogen) atoms. The summed E-state index contributed by atoms with van der Waals surface area (Å²) >= 11 is 0. The average molecular weight is 306 g/mol. The van der Waals surface area contributed by atoms with Gasteiger partial charge in [0.2, 0.25) is 0 Å². The number of methoxy groups -OCH3 is 2. The van der Waals surface area contributed by atoms with Crippen LogP contribution < -0.4 is 10.1 Å². The molecule has 1 aromatic rings. The van der Waals surface area contributed by atoms with Crippen LogP contribution in [0.3, 0.4) is 0 Å². The van der Waals surface area contributed by atoms with Gasteiger partial charge in [-0.15, -0.1) is 0 Å². The first-order valence-corrected chi connectivity index (χ1v) is 6.73. The number of benzene rings is 1. The molecule has 0 saturated carbocycles. The highest BCUT2D eigenvalue weighted by atomic mass is 16.5. The molecule has 118 valence electrons. The maximum atomic E-state index is 12.3. The second-order valence-corrected chi connectivity index (χ2v) is 4.65. The zero-order chi connectivity index (χ0) is 16.1. The zero-order valence-corrected chi connectivity index (χ0v) is 12.5. The lowest BCUT2D eigenvalue weighted by Crippen LogP contribution is -2.31. The molecule has 1 amide bonds. The molecule has 7 nitrogen and oxygen atoms in total. The van der Waals surface area contributed by atoms with E-state index in [2.05, 4.69) is 5.32 Å². The van der Waals surface area contributed by atoms with Crippen molar-refractivity contribution in [2.24, 2.45) is 0 Å². The Labute approximate surface area is 128 Å². The standard InChI is InChI=1S/C15H18N2O5/c1-21-11-5-3-10(4-6-11)16-13-12(15(20)22-2)9-17(7-8-18)14(13)19/h3-6,16,18H,7-9H2,1-2H3. The lowest BCUT2D eigenvalue weighted by molar-refractivity contribution is -0.136. The van der Waals surface area contributed by atoms with Crippen molar-refractivity contribution in [2.45, 2.75) is 0 Å². The third-order valence-corrected chi connectivity index (χ3v) is 3.31. The van der Waals surface area contributed by atoms with E-state index < -0.39 is 5.97 Å². The van der Waals surface area contributed by atoms with Crippen molar-refractivity contribution in [3.05, 3.63) is 35.5 Å². The molecule has 2 rings (SSSR count). The number of β-amino-alcohol motifs (C(OH)–C–C–N with tert-alkyl or cyclic N) is 1. The molecule has 1 aliphatic rings. The molecule has 0 unspecified atom stereocenters. The molecule has 1 aromatic carbocycles. The predicted molar refractivity (Wildman–Crippen MR) is 79.3 cm³/mol. The topological polar surface area (TPSA) is 88.1 Å². The maximum Gasteiger partial charge on any atom is 0.337 e. The molecule has 0 atom stereocenters. The Morgan fingerprint density at radius 3 is 2.55 bits per heavy atom. The van der Waals surface area contributed by atoms with Gasteiger partial charge in [-0.3, -0.25) is 4.79 Å². The van der Waals surface area contributed by atoms with Crippen molar-refractivity contribution in [3.63, 3.8) is 0 Å². The molecular formula is C15H18N2O5. The molecular weight excluding hydrogens is 288 g/mol. The van der Waals surface area contributed by atoms with E-state index >= 15 is 0 Å². The Morgan fingerprint density at radius 1 is 1.32 bits per heavy atom. The first-order valence-electron chi connectivity index (χ1n) is 6.73. The maximum absolute atomic E-state index is 12.3. The van der Waals surface area contributed by atoms with Crippen LogP contribution in [0.4, 0.5) is 5.69 Å². The molecule has 0 aromatic heterocycles. The number of nitrogens with zero attached hydrogens (tertiary/aromatic N) is 1. The van der Waals surface area contributed by atoms with E-state index in [1.807, 2.05) is 0 Å². The minimum atomic E-state index is -0.565. The number of carbonyl (C=O) groups excluding carboxylic acids is 2. The van der Waals surface area contributed by atoms with Crippen LogP contribution in [0, 0.1) is 0 Å². The number of ether oxygens (including phenoxy) is 2. The van der Waals surface area contributed by atoms with Gasteiger partial charge in [-0.2, -0.15) is 0 Å². The second-order valence-electron chi connectivity index (χ2n) is 4.65. The second kappa shape index (κ2) is 6.95. The van der Waals surface area contributed by atoms with Crippen molar-refractivity contribution in [1.82, 2.24) is 4.90 Å². The number of amides is 1. The van der Waals surface area contributed by atoms with Crippen LogP contribution in [-0.2, 0) is 14.3 Å². The molecule has 0 aliphatic carbocycles. The number of nitrogens with one attached hydrogen (secondary N) is 1. The number of esters is 1. The Morgan fingerprint density at radius 2 is 2.00 bits per heavy atom. The van der Waals surface area contributed by atoms with Gasteiger partial charge in [0.05, 0.1) is 32.9 Å². The Kier molecular flexibility index (Phi) is 5.00. The Bertz CT molecular complexity index is 594. The summed E-state index contributed by atoms with van der Waals surface area (Å²) in [7, 11) is 2.83. The summed E-state index contributed by atoms with van der Waals surface area (Å²) in [6.07, 6.45) is 0. The lowest BCUT2D eigenvalue weighted by Gasteiger charge is -2.15. The van der Waals surface area contributed by atoms with Crippen LogP contribution in [0.2, 0.25) is 0 Å². The van der Waals surface area contributed by atoms with Crippen LogP contribution in [0.25, 0.3) is 0 Å². The van der Waals surface area contributed by atoms with E-state index in [4.69, 9.17) is 14.6 Å². The molecule has 0 bridgehead atoms.